The van der Waals surface area contributed by atoms with Gasteiger partial charge in [0.05, 0.1) is 22.8 Å². The van der Waals surface area contributed by atoms with E-state index in [2.05, 4.69) is 15.9 Å². The average molecular weight is 312 g/mol. The molecule has 0 spiro atoms. The van der Waals surface area contributed by atoms with E-state index in [1.165, 1.54) is 0 Å². The molecule has 0 fully saturated rings. The summed E-state index contributed by atoms with van der Waals surface area (Å²) in [5.41, 5.74) is -0.167. The molecule has 0 saturated carbocycles. The van der Waals surface area contributed by atoms with Crippen molar-refractivity contribution in [2.24, 2.45) is 0 Å². The fourth-order valence-corrected chi connectivity index (χ4v) is 2.28. The number of aliphatic hydroxyl groups excluding tert-OH is 1. The molecular formula is C13H14BrNO3. The van der Waals surface area contributed by atoms with E-state index >= 15 is 0 Å². The van der Waals surface area contributed by atoms with Crippen molar-refractivity contribution in [1.29, 1.82) is 0 Å². The number of carbonyl (C=O) groups excluding carboxylic acids is 2. The van der Waals surface area contributed by atoms with Crippen LogP contribution in [-0.2, 0) is 0 Å². The Labute approximate surface area is 114 Å². The first-order chi connectivity index (χ1) is 8.26. The van der Waals surface area contributed by atoms with Gasteiger partial charge in [0.2, 0.25) is 0 Å². The lowest BCUT2D eigenvalue weighted by molar-refractivity contribution is 0.0104. The van der Waals surface area contributed by atoms with Gasteiger partial charge >= 0.3 is 0 Å². The van der Waals surface area contributed by atoms with Gasteiger partial charge in [0.15, 0.2) is 0 Å². The zero-order chi connectivity index (χ0) is 13.7. The van der Waals surface area contributed by atoms with Gasteiger partial charge in [-0.1, -0.05) is 15.9 Å². The summed E-state index contributed by atoms with van der Waals surface area (Å²) < 4.78 is 0.749. The van der Waals surface area contributed by atoms with Gasteiger partial charge in [-0.05, 0) is 39.0 Å². The fraction of sp³-hybridized carbons (Fsp3) is 0.385. The monoisotopic (exact) mass is 311 g/mol. The van der Waals surface area contributed by atoms with Crippen LogP contribution in [0.2, 0.25) is 0 Å². The molecule has 0 saturated heterocycles. The first-order valence-corrected chi connectivity index (χ1v) is 6.42. The summed E-state index contributed by atoms with van der Waals surface area (Å²) in [7, 11) is 0. The molecule has 2 amide bonds. The van der Waals surface area contributed by atoms with Crippen molar-refractivity contribution in [3.63, 3.8) is 0 Å². The Hall–Kier alpha value is -1.20. The van der Waals surface area contributed by atoms with E-state index in [0.717, 1.165) is 9.37 Å². The first-order valence-electron chi connectivity index (χ1n) is 5.63. The van der Waals surface area contributed by atoms with E-state index in [-0.39, 0.29) is 11.8 Å². The number of carbonyl (C=O) groups is 2. The summed E-state index contributed by atoms with van der Waals surface area (Å²) in [4.78, 5) is 25.7. The summed E-state index contributed by atoms with van der Waals surface area (Å²) in [6.07, 6.45) is -0.803. The fourth-order valence-electron chi connectivity index (χ4n) is 1.92. The van der Waals surface area contributed by atoms with Crippen molar-refractivity contribution in [2.75, 3.05) is 0 Å². The van der Waals surface area contributed by atoms with Crippen LogP contribution < -0.4 is 0 Å². The standard InChI is InChI=1S/C13H14BrNO3/c1-7(16)13(2,3)15-11(17)9-5-4-8(14)6-10(9)12(15)18/h4-7,16H,1-3H3. The number of hydrogen-bond acceptors (Lipinski definition) is 3. The third-order valence-electron chi connectivity index (χ3n) is 3.45. The number of aliphatic hydroxyl groups is 1. The number of amides is 2. The molecular weight excluding hydrogens is 298 g/mol. The molecule has 4 nitrogen and oxygen atoms in total. The summed E-state index contributed by atoms with van der Waals surface area (Å²) >= 11 is 3.28. The van der Waals surface area contributed by atoms with Gasteiger partial charge in [0, 0.05) is 4.47 Å². The second kappa shape index (κ2) is 4.17. The Bertz CT molecular complexity index is 537. The molecule has 1 atom stereocenters. The maximum atomic E-state index is 12.3. The van der Waals surface area contributed by atoms with Crippen LogP contribution in [0.5, 0.6) is 0 Å². The van der Waals surface area contributed by atoms with Crippen molar-refractivity contribution >= 4 is 27.7 Å². The topological polar surface area (TPSA) is 57.6 Å². The minimum absolute atomic E-state index is 0.353. The summed E-state index contributed by atoms with van der Waals surface area (Å²) in [5.74, 6) is -0.712. The van der Waals surface area contributed by atoms with Crippen LogP contribution in [0.3, 0.4) is 0 Å². The number of imide groups is 1. The number of benzene rings is 1. The minimum Gasteiger partial charge on any atom is -0.391 e. The Morgan fingerprint density at radius 3 is 2.33 bits per heavy atom. The van der Waals surface area contributed by atoms with Crippen LogP contribution in [0.15, 0.2) is 22.7 Å². The molecule has 0 aromatic heterocycles. The molecule has 1 N–H and O–H groups in total. The third-order valence-corrected chi connectivity index (χ3v) is 3.94. The van der Waals surface area contributed by atoms with Crippen LogP contribution in [0, 0.1) is 0 Å². The van der Waals surface area contributed by atoms with Gasteiger partial charge in [-0.3, -0.25) is 14.5 Å². The van der Waals surface area contributed by atoms with Crippen molar-refractivity contribution < 1.29 is 14.7 Å². The molecule has 1 aliphatic rings. The number of fused-ring (bicyclic) bond motifs is 1. The highest BCUT2D eigenvalue weighted by molar-refractivity contribution is 9.10. The predicted octanol–water partition coefficient (Wildman–Crippen LogP) is 2.20. The van der Waals surface area contributed by atoms with Crippen molar-refractivity contribution in [3.8, 4) is 0 Å². The van der Waals surface area contributed by atoms with Crippen molar-refractivity contribution in [3.05, 3.63) is 33.8 Å². The van der Waals surface area contributed by atoms with Gasteiger partial charge in [-0.2, -0.15) is 0 Å². The van der Waals surface area contributed by atoms with E-state index in [9.17, 15) is 14.7 Å². The smallest absolute Gasteiger partial charge is 0.262 e. The molecule has 0 radical (unpaired) electrons. The number of nitrogens with zero attached hydrogens (tertiary/aromatic N) is 1. The average Bonchev–Trinajstić information content (AvgIpc) is 2.51. The van der Waals surface area contributed by atoms with Crippen LogP contribution in [-0.4, -0.2) is 33.5 Å². The van der Waals surface area contributed by atoms with Crippen molar-refractivity contribution in [1.82, 2.24) is 4.90 Å². The summed E-state index contributed by atoms with van der Waals surface area (Å²) in [6, 6.07) is 4.98. The van der Waals surface area contributed by atoms with E-state index < -0.39 is 11.6 Å². The highest BCUT2D eigenvalue weighted by Crippen LogP contribution is 2.32. The van der Waals surface area contributed by atoms with Crippen LogP contribution in [0.25, 0.3) is 0 Å². The Balaban J connectivity index is 2.53. The third kappa shape index (κ3) is 1.78. The molecule has 1 heterocycles. The number of hydrogen-bond donors (Lipinski definition) is 1. The normalized spacial score (nSPS) is 17.1. The van der Waals surface area contributed by atoms with Crippen molar-refractivity contribution in [2.45, 2.75) is 32.4 Å². The second-order valence-electron chi connectivity index (χ2n) is 4.97. The highest BCUT2D eigenvalue weighted by atomic mass is 79.9. The van der Waals surface area contributed by atoms with Gasteiger partial charge in [-0.25, -0.2) is 0 Å². The van der Waals surface area contributed by atoms with E-state index in [1.807, 2.05) is 0 Å². The van der Waals surface area contributed by atoms with Crippen LogP contribution in [0.4, 0.5) is 0 Å². The predicted molar refractivity (Wildman–Crippen MR) is 70.4 cm³/mol. The molecule has 5 heteroatoms. The highest BCUT2D eigenvalue weighted by Gasteiger charge is 2.46. The summed E-state index contributed by atoms with van der Waals surface area (Å²) in [6.45, 7) is 4.92. The van der Waals surface area contributed by atoms with Gasteiger partial charge in [0.25, 0.3) is 11.8 Å². The molecule has 1 aromatic carbocycles. The molecule has 96 valence electrons. The molecule has 1 unspecified atom stereocenters. The minimum atomic E-state index is -0.931. The number of halogens is 1. The molecule has 1 aromatic rings. The Kier molecular flexibility index (Phi) is 3.07. The maximum absolute atomic E-state index is 12.3. The zero-order valence-electron chi connectivity index (χ0n) is 10.4. The molecule has 18 heavy (non-hydrogen) atoms. The lowest BCUT2D eigenvalue weighted by Gasteiger charge is -2.36. The Morgan fingerprint density at radius 2 is 1.78 bits per heavy atom. The van der Waals surface area contributed by atoms with Gasteiger partial charge in [0.1, 0.15) is 0 Å². The molecule has 0 bridgehead atoms. The summed E-state index contributed by atoms with van der Waals surface area (Å²) in [5, 5.41) is 9.75. The van der Waals surface area contributed by atoms with E-state index in [1.54, 1.807) is 39.0 Å². The lowest BCUT2D eigenvalue weighted by Crippen LogP contribution is -2.54. The molecule has 0 aliphatic carbocycles. The van der Waals surface area contributed by atoms with E-state index in [4.69, 9.17) is 0 Å². The van der Waals surface area contributed by atoms with Gasteiger partial charge < -0.3 is 5.11 Å². The van der Waals surface area contributed by atoms with E-state index in [0.29, 0.717) is 11.1 Å². The maximum Gasteiger partial charge on any atom is 0.262 e. The largest absolute Gasteiger partial charge is 0.391 e. The van der Waals surface area contributed by atoms with Crippen LogP contribution in [0.1, 0.15) is 41.5 Å². The molecule has 2 rings (SSSR count). The number of rotatable bonds is 2. The lowest BCUT2D eigenvalue weighted by atomic mass is 9.96. The van der Waals surface area contributed by atoms with Gasteiger partial charge in [-0.15, -0.1) is 0 Å². The zero-order valence-corrected chi connectivity index (χ0v) is 12.0. The van der Waals surface area contributed by atoms with Crippen LogP contribution >= 0.6 is 15.9 Å². The Morgan fingerprint density at radius 1 is 1.22 bits per heavy atom. The molecule has 1 aliphatic heterocycles. The first kappa shape index (κ1) is 13.2. The SMILES string of the molecule is CC(O)C(C)(C)N1C(=O)c2ccc(Br)cc2C1=O. The quantitative estimate of drug-likeness (QED) is 0.852. The second-order valence-corrected chi connectivity index (χ2v) is 5.88.